The largest absolute Gasteiger partial charge is 0.366 e. The number of amides is 1. The molecule has 5 aromatic rings. The van der Waals surface area contributed by atoms with Gasteiger partial charge in [0, 0.05) is 16.3 Å². The molecule has 3 aromatic heterocycles. The van der Waals surface area contributed by atoms with Gasteiger partial charge in [0.25, 0.3) is 5.91 Å². The van der Waals surface area contributed by atoms with Crippen molar-refractivity contribution in [1.82, 2.24) is 29.4 Å². The number of aromatic nitrogens is 5. The number of hydrogen-bond acceptors (Lipinski definition) is 5. The highest BCUT2D eigenvalue weighted by molar-refractivity contribution is 6.30. The molecule has 0 radical (unpaired) electrons. The van der Waals surface area contributed by atoms with Gasteiger partial charge in [0.15, 0.2) is 5.65 Å². The van der Waals surface area contributed by atoms with Crippen LogP contribution < -0.4 is 5.73 Å². The van der Waals surface area contributed by atoms with Crippen molar-refractivity contribution in [2.75, 3.05) is 20.1 Å². The molecule has 1 amide bonds. The first kappa shape index (κ1) is 27.4. The normalized spacial score (nSPS) is 15.0. The number of halogens is 2. The third-order valence-electron chi connectivity index (χ3n) is 7.95. The molecule has 1 saturated heterocycles. The van der Waals surface area contributed by atoms with Gasteiger partial charge in [0.1, 0.15) is 5.82 Å². The number of rotatable bonds is 7. The number of primary amides is 1. The lowest BCUT2D eigenvalue weighted by Crippen LogP contribution is -2.32. The Morgan fingerprint density at radius 1 is 1.12 bits per heavy atom. The third kappa shape index (κ3) is 5.20. The fourth-order valence-electron chi connectivity index (χ4n) is 5.89. The first-order chi connectivity index (χ1) is 19.7. The fourth-order valence-corrected chi connectivity index (χ4v) is 6.01. The zero-order valence-corrected chi connectivity index (χ0v) is 24.2. The van der Waals surface area contributed by atoms with E-state index in [0.29, 0.717) is 24.2 Å². The van der Waals surface area contributed by atoms with Crippen LogP contribution in [0.1, 0.15) is 54.3 Å². The number of carbonyl (C=O) groups is 1. The Morgan fingerprint density at radius 2 is 1.90 bits per heavy atom. The van der Waals surface area contributed by atoms with Gasteiger partial charge in [-0.15, -0.1) is 0 Å². The van der Waals surface area contributed by atoms with Crippen molar-refractivity contribution < 1.29 is 9.18 Å². The van der Waals surface area contributed by atoms with Crippen molar-refractivity contribution in [1.29, 1.82) is 0 Å². The van der Waals surface area contributed by atoms with Gasteiger partial charge in [0.05, 0.1) is 46.8 Å². The maximum atomic E-state index is 14.0. The molecule has 0 saturated carbocycles. The van der Waals surface area contributed by atoms with E-state index in [2.05, 4.69) is 30.9 Å². The Balaban J connectivity index is 1.48. The second-order valence-corrected chi connectivity index (χ2v) is 11.9. The Bertz CT molecular complexity index is 1770. The molecule has 2 N–H and O–H groups in total. The predicted molar refractivity (Wildman–Crippen MR) is 160 cm³/mol. The number of benzene rings is 2. The summed E-state index contributed by atoms with van der Waals surface area (Å²) in [4.78, 5) is 20.4. The van der Waals surface area contributed by atoms with Crippen molar-refractivity contribution in [2.24, 2.45) is 11.7 Å². The first-order valence-corrected chi connectivity index (χ1v) is 14.4. The van der Waals surface area contributed by atoms with Crippen molar-refractivity contribution in [3.05, 3.63) is 76.5 Å². The van der Waals surface area contributed by atoms with Crippen LogP contribution in [0.5, 0.6) is 0 Å². The Labute approximate surface area is 242 Å². The number of hydrogen-bond donors (Lipinski definition) is 1. The summed E-state index contributed by atoms with van der Waals surface area (Å²) in [6.07, 6.45) is 6.21. The lowest BCUT2D eigenvalue weighted by atomic mass is 9.92. The molecule has 8 nitrogen and oxygen atoms in total. The summed E-state index contributed by atoms with van der Waals surface area (Å²) in [7, 11) is 2.14. The number of nitrogens with zero attached hydrogens (tertiary/aromatic N) is 6. The number of pyridine rings is 1. The van der Waals surface area contributed by atoms with E-state index in [1.807, 2.05) is 33.8 Å². The second kappa shape index (κ2) is 10.9. The van der Waals surface area contributed by atoms with Crippen LogP contribution in [0.25, 0.3) is 33.1 Å². The van der Waals surface area contributed by atoms with Gasteiger partial charge in [-0.25, -0.2) is 14.1 Å². The van der Waals surface area contributed by atoms with E-state index in [0.717, 1.165) is 64.6 Å². The molecule has 10 heteroatoms. The van der Waals surface area contributed by atoms with Crippen LogP contribution in [0, 0.1) is 11.7 Å². The Kier molecular flexibility index (Phi) is 7.25. The number of carbonyl (C=O) groups excluding carboxylic acids is 1. The van der Waals surface area contributed by atoms with Crippen molar-refractivity contribution in [3.63, 3.8) is 0 Å². The van der Waals surface area contributed by atoms with Crippen LogP contribution in [0.3, 0.4) is 0 Å². The number of fused-ring (bicyclic) bond motifs is 2. The van der Waals surface area contributed by atoms with E-state index in [1.54, 1.807) is 18.3 Å². The van der Waals surface area contributed by atoms with Gasteiger partial charge in [-0.2, -0.15) is 10.2 Å². The monoisotopic (exact) mass is 573 g/mol. The Hall–Kier alpha value is -3.82. The molecule has 212 valence electrons. The zero-order chi connectivity index (χ0) is 28.8. The highest BCUT2D eigenvalue weighted by atomic mass is 35.5. The van der Waals surface area contributed by atoms with Crippen LogP contribution in [0.15, 0.2) is 48.8 Å². The standard InChI is InChI=1S/C31H33ClFN7O/c1-18(2)12-26-29(30(34)41)28(23-16-36-40(31(23)37-26)22-8-10-38(3)11-9-22)20-5-7-27-21(14-20)15-35-39(27)17-19-4-6-24(32)25(33)13-19/h4-7,13-16,18,22H,8-12,17H2,1-3H3,(H2,34,41). The Morgan fingerprint density at radius 3 is 2.61 bits per heavy atom. The summed E-state index contributed by atoms with van der Waals surface area (Å²) in [6, 6.07) is 11.0. The van der Waals surface area contributed by atoms with E-state index in [9.17, 15) is 9.18 Å². The highest BCUT2D eigenvalue weighted by Gasteiger charge is 2.27. The molecule has 4 heterocycles. The minimum atomic E-state index is -0.502. The molecule has 6 rings (SSSR count). The molecule has 1 aliphatic heterocycles. The first-order valence-electron chi connectivity index (χ1n) is 14.0. The number of piperidine rings is 1. The SMILES string of the molecule is CC(C)Cc1nc2c(cnn2C2CCN(C)CC2)c(-c2ccc3c(cnn3Cc3ccc(Cl)c(F)c3)c2)c1C(N)=O. The van der Waals surface area contributed by atoms with Gasteiger partial charge in [0.2, 0.25) is 0 Å². The number of nitrogens with two attached hydrogens (primary N) is 1. The van der Waals surface area contributed by atoms with Gasteiger partial charge in [-0.1, -0.05) is 37.6 Å². The summed E-state index contributed by atoms with van der Waals surface area (Å²) in [6.45, 7) is 6.61. The average molecular weight is 574 g/mol. The lowest BCUT2D eigenvalue weighted by Gasteiger charge is -2.29. The van der Waals surface area contributed by atoms with E-state index >= 15 is 0 Å². The van der Waals surface area contributed by atoms with E-state index in [-0.39, 0.29) is 17.0 Å². The molecule has 41 heavy (non-hydrogen) atoms. The van der Waals surface area contributed by atoms with Gasteiger partial charge < -0.3 is 10.6 Å². The molecule has 0 unspecified atom stereocenters. The summed E-state index contributed by atoms with van der Waals surface area (Å²) >= 11 is 5.86. The topological polar surface area (TPSA) is 94.9 Å². The maximum Gasteiger partial charge on any atom is 0.251 e. The fraction of sp³-hybridized carbons (Fsp3) is 0.355. The van der Waals surface area contributed by atoms with Gasteiger partial charge >= 0.3 is 0 Å². The molecule has 1 fully saturated rings. The maximum absolute atomic E-state index is 14.0. The molecule has 1 aliphatic rings. The van der Waals surface area contributed by atoms with Crippen molar-refractivity contribution in [2.45, 2.75) is 45.7 Å². The van der Waals surface area contributed by atoms with E-state index < -0.39 is 11.7 Å². The second-order valence-electron chi connectivity index (χ2n) is 11.5. The zero-order valence-electron chi connectivity index (χ0n) is 23.4. The van der Waals surface area contributed by atoms with Crippen LogP contribution in [-0.2, 0) is 13.0 Å². The van der Waals surface area contributed by atoms with Crippen LogP contribution in [-0.4, -0.2) is 55.5 Å². The number of likely N-dealkylation sites (tertiary alicyclic amines) is 1. The quantitative estimate of drug-likeness (QED) is 0.263. The summed E-state index contributed by atoms with van der Waals surface area (Å²) in [5.41, 5.74) is 11.2. The van der Waals surface area contributed by atoms with Crippen molar-refractivity contribution >= 4 is 39.4 Å². The van der Waals surface area contributed by atoms with Crippen molar-refractivity contribution in [3.8, 4) is 11.1 Å². The molecular weight excluding hydrogens is 541 g/mol. The molecule has 0 bridgehead atoms. The van der Waals surface area contributed by atoms with Gasteiger partial charge in [-0.3, -0.25) is 9.48 Å². The van der Waals surface area contributed by atoms with Crippen LogP contribution in [0.2, 0.25) is 5.02 Å². The molecule has 0 atom stereocenters. The third-order valence-corrected chi connectivity index (χ3v) is 8.25. The minimum absolute atomic E-state index is 0.0913. The predicted octanol–water partition coefficient (Wildman–Crippen LogP) is 5.85. The summed E-state index contributed by atoms with van der Waals surface area (Å²) in [5.74, 6) is -0.678. The highest BCUT2D eigenvalue weighted by Crippen LogP contribution is 2.37. The lowest BCUT2D eigenvalue weighted by molar-refractivity contribution is 0.0999. The van der Waals surface area contributed by atoms with Crippen LogP contribution in [0.4, 0.5) is 4.39 Å². The average Bonchev–Trinajstić information content (AvgIpc) is 3.53. The molecule has 0 spiro atoms. The van der Waals surface area contributed by atoms with Crippen LogP contribution >= 0.6 is 11.6 Å². The smallest absolute Gasteiger partial charge is 0.251 e. The van der Waals surface area contributed by atoms with E-state index in [4.69, 9.17) is 27.4 Å². The van der Waals surface area contributed by atoms with E-state index in [1.165, 1.54) is 6.07 Å². The van der Waals surface area contributed by atoms with Gasteiger partial charge in [-0.05, 0) is 80.7 Å². The minimum Gasteiger partial charge on any atom is -0.366 e. The summed E-state index contributed by atoms with van der Waals surface area (Å²) < 4.78 is 17.9. The molecular formula is C31H33ClFN7O. The molecule has 0 aliphatic carbocycles. The summed E-state index contributed by atoms with van der Waals surface area (Å²) in [5, 5.41) is 11.2. The molecule has 2 aromatic carbocycles.